The Labute approximate surface area is 174 Å². The maximum atomic E-state index is 13.1. The first-order valence-corrected chi connectivity index (χ1v) is 10.8. The minimum Gasteiger partial charge on any atom is -0.379 e. The standard InChI is InChI=1S/C22H25N3O3S/c1-16-5-2-6-17(15-16)23-20-19(18-7-3-14-29-18)21(26)25(22(20)27)9-4-8-24-10-12-28-13-11-24/h2-3,5-7,14-15,23H,4,8-13H2,1H3. The number of amides is 2. The van der Waals surface area contributed by atoms with Gasteiger partial charge in [-0.25, -0.2) is 0 Å². The number of benzene rings is 1. The van der Waals surface area contributed by atoms with Gasteiger partial charge in [0.25, 0.3) is 11.8 Å². The van der Waals surface area contributed by atoms with Crippen molar-refractivity contribution in [2.45, 2.75) is 13.3 Å². The molecule has 152 valence electrons. The minimum absolute atomic E-state index is 0.213. The SMILES string of the molecule is Cc1cccc(NC2=C(c3cccs3)C(=O)N(CCCN3CCOCC3)C2=O)c1. The molecular formula is C22H25N3O3S. The zero-order chi connectivity index (χ0) is 20.2. The first-order valence-electron chi connectivity index (χ1n) is 9.91. The predicted molar refractivity (Wildman–Crippen MR) is 115 cm³/mol. The van der Waals surface area contributed by atoms with Crippen LogP contribution in [0.3, 0.4) is 0 Å². The number of morpholine rings is 1. The van der Waals surface area contributed by atoms with Crippen LogP contribution in [-0.2, 0) is 14.3 Å². The lowest BCUT2D eigenvalue weighted by Crippen LogP contribution is -2.39. The number of aryl methyl sites for hydroxylation is 1. The molecule has 1 fully saturated rings. The topological polar surface area (TPSA) is 61.9 Å². The highest BCUT2D eigenvalue weighted by Crippen LogP contribution is 2.33. The smallest absolute Gasteiger partial charge is 0.278 e. The number of nitrogens with one attached hydrogen (secondary N) is 1. The highest BCUT2D eigenvalue weighted by Gasteiger charge is 2.39. The molecule has 3 heterocycles. The van der Waals surface area contributed by atoms with Crippen LogP contribution >= 0.6 is 11.3 Å². The van der Waals surface area contributed by atoms with E-state index in [1.807, 2.05) is 48.7 Å². The molecule has 0 radical (unpaired) electrons. The van der Waals surface area contributed by atoms with Crippen LogP contribution in [0.4, 0.5) is 5.69 Å². The van der Waals surface area contributed by atoms with Crippen LogP contribution in [0.15, 0.2) is 47.5 Å². The number of rotatable bonds is 7. The van der Waals surface area contributed by atoms with Crippen molar-refractivity contribution in [1.29, 1.82) is 0 Å². The zero-order valence-electron chi connectivity index (χ0n) is 16.5. The van der Waals surface area contributed by atoms with Gasteiger partial charge in [0.2, 0.25) is 0 Å². The second-order valence-corrected chi connectivity index (χ2v) is 8.24. The number of carbonyl (C=O) groups is 2. The molecule has 0 spiro atoms. The van der Waals surface area contributed by atoms with Crippen LogP contribution in [-0.4, -0.2) is 61.0 Å². The maximum Gasteiger partial charge on any atom is 0.278 e. The highest BCUT2D eigenvalue weighted by atomic mass is 32.1. The van der Waals surface area contributed by atoms with Gasteiger partial charge in [0.15, 0.2) is 0 Å². The molecular weight excluding hydrogens is 386 g/mol. The number of hydrogen-bond donors (Lipinski definition) is 1. The molecule has 0 bridgehead atoms. The molecule has 1 aromatic carbocycles. The molecule has 2 amide bonds. The molecule has 2 aliphatic rings. The van der Waals surface area contributed by atoms with E-state index in [0.717, 1.165) is 55.4 Å². The van der Waals surface area contributed by atoms with Crippen molar-refractivity contribution in [2.75, 3.05) is 44.7 Å². The predicted octanol–water partition coefficient (Wildman–Crippen LogP) is 2.97. The van der Waals surface area contributed by atoms with E-state index in [2.05, 4.69) is 10.2 Å². The Balaban J connectivity index is 1.51. The lowest BCUT2D eigenvalue weighted by atomic mass is 10.1. The lowest BCUT2D eigenvalue weighted by Gasteiger charge is -2.27. The molecule has 0 aliphatic carbocycles. The molecule has 4 rings (SSSR count). The largest absolute Gasteiger partial charge is 0.379 e. The van der Waals surface area contributed by atoms with E-state index in [-0.39, 0.29) is 11.8 Å². The molecule has 0 atom stereocenters. The highest BCUT2D eigenvalue weighted by molar-refractivity contribution is 7.11. The van der Waals surface area contributed by atoms with Gasteiger partial charge in [-0.3, -0.25) is 19.4 Å². The Morgan fingerprint density at radius 3 is 2.62 bits per heavy atom. The Hall–Kier alpha value is -2.48. The Morgan fingerprint density at radius 1 is 1.07 bits per heavy atom. The summed E-state index contributed by atoms with van der Waals surface area (Å²) in [5.74, 6) is -0.462. The monoisotopic (exact) mass is 411 g/mol. The Bertz CT molecular complexity index is 917. The van der Waals surface area contributed by atoms with E-state index in [1.54, 1.807) is 0 Å². The average molecular weight is 412 g/mol. The first-order chi connectivity index (χ1) is 14.1. The summed E-state index contributed by atoms with van der Waals surface area (Å²) in [6.07, 6.45) is 0.757. The van der Waals surface area contributed by atoms with Crippen molar-refractivity contribution < 1.29 is 14.3 Å². The summed E-state index contributed by atoms with van der Waals surface area (Å²) in [5.41, 5.74) is 2.74. The van der Waals surface area contributed by atoms with E-state index in [1.165, 1.54) is 16.2 Å². The van der Waals surface area contributed by atoms with Crippen LogP contribution in [0.1, 0.15) is 16.9 Å². The van der Waals surface area contributed by atoms with Gasteiger partial charge in [-0.1, -0.05) is 18.2 Å². The van der Waals surface area contributed by atoms with Gasteiger partial charge in [0.05, 0.1) is 18.8 Å². The molecule has 1 aromatic heterocycles. The number of nitrogens with zero attached hydrogens (tertiary/aromatic N) is 2. The van der Waals surface area contributed by atoms with Gasteiger partial charge in [-0.2, -0.15) is 0 Å². The normalized spacial score (nSPS) is 18.0. The third kappa shape index (κ3) is 4.42. The Kier molecular flexibility index (Phi) is 6.08. The van der Waals surface area contributed by atoms with Gasteiger partial charge < -0.3 is 10.1 Å². The van der Waals surface area contributed by atoms with E-state index in [9.17, 15) is 9.59 Å². The number of hydrogen-bond acceptors (Lipinski definition) is 6. The molecule has 6 nitrogen and oxygen atoms in total. The van der Waals surface area contributed by atoms with Crippen LogP contribution in [0.5, 0.6) is 0 Å². The van der Waals surface area contributed by atoms with Crippen molar-refractivity contribution >= 4 is 34.4 Å². The van der Waals surface area contributed by atoms with Crippen molar-refractivity contribution in [2.24, 2.45) is 0 Å². The van der Waals surface area contributed by atoms with Crippen molar-refractivity contribution in [3.63, 3.8) is 0 Å². The zero-order valence-corrected chi connectivity index (χ0v) is 17.3. The maximum absolute atomic E-state index is 13.1. The van der Waals surface area contributed by atoms with Crippen molar-refractivity contribution in [1.82, 2.24) is 9.80 Å². The van der Waals surface area contributed by atoms with Gasteiger partial charge in [-0.15, -0.1) is 11.3 Å². The second-order valence-electron chi connectivity index (χ2n) is 7.29. The number of anilines is 1. The van der Waals surface area contributed by atoms with Crippen LogP contribution < -0.4 is 5.32 Å². The molecule has 1 saturated heterocycles. The van der Waals surface area contributed by atoms with Gasteiger partial charge in [0, 0.05) is 36.7 Å². The summed E-state index contributed by atoms with van der Waals surface area (Å²) in [7, 11) is 0. The fourth-order valence-electron chi connectivity index (χ4n) is 3.69. The van der Waals surface area contributed by atoms with E-state index in [4.69, 9.17) is 4.74 Å². The molecule has 1 N–H and O–H groups in total. The van der Waals surface area contributed by atoms with Crippen LogP contribution in [0, 0.1) is 6.92 Å². The quantitative estimate of drug-likeness (QED) is 0.710. The number of imide groups is 1. The molecule has 0 saturated carbocycles. The number of ether oxygens (including phenoxy) is 1. The molecule has 7 heteroatoms. The molecule has 0 unspecified atom stereocenters. The summed E-state index contributed by atoms with van der Waals surface area (Å²) in [6, 6.07) is 11.6. The second kappa shape index (κ2) is 8.90. The lowest BCUT2D eigenvalue weighted by molar-refractivity contribution is -0.136. The fraction of sp³-hybridized carbons (Fsp3) is 0.364. The molecule has 29 heavy (non-hydrogen) atoms. The van der Waals surface area contributed by atoms with E-state index in [0.29, 0.717) is 17.8 Å². The summed E-state index contributed by atoms with van der Waals surface area (Å²) >= 11 is 1.47. The molecule has 2 aromatic rings. The van der Waals surface area contributed by atoms with Crippen LogP contribution in [0.2, 0.25) is 0 Å². The van der Waals surface area contributed by atoms with Crippen LogP contribution in [0.25, 0.3) is 5.57 Å². The Morgan fingerprint density at radius 2 is 1.90 bits per heavy atom. The third-order valence-corrected chi connectivity index (χ3v) is 6.07. The van der Waals surface area contributed by atoms with Crippen molar-refractivity contribution in [3.05, 3.63) is 57.9 Å². The summed E-state index contributed by atoms with van der Waals surface area (Å²) in [6.45, 7) is 6.57. The van der Waals surface area contributed by atoms with Gasteiger partial charge in [-0.05, 0) is 42.5 Å². The van der Waals surface area contributed by atoms with Gasteiger partial charge in [0.1, 0.15) is 5.70 Å². The fourth-order valence-corrected chi connectivity index (χ4v) is 4.46. The van der Waals surface area contributed by atoms with E-state index >= 15 is 0 Å². The van der Waals surface area contributed by atoms with Crippen molar-refractivity contribution in [3.8, 4) is 0 Å². The average Bonchev–Trinajstić information content (AvgIpc) is 3.32. The number of thiophene rings is 1. The third-order valence-electron chi connectivity index (χ3n) is 5.18. The molecule has 2 aliphatic heterocycles. The minimum atomic E-state index is -0.248. The first kappa shape index (κ1) is 19.8. The van der Waals surface area contributed by atoms with Gasteiger partial charge >= 0.3 is 0 Å². The van der Waals surface area contributed by atoms with E-state index < -0.39 is 0 Å². The summed E-state index contributed by atoms with van der Waals surface area (Å²) in [4.78, 5) is 30.8. The number of carbonyl (C=O) groups excluding carboxylic acids is 2. The summed E-state index contributed by atoms with van der Waals surface area (Å²) < 4.78 is 5.37. The summed E-state index contributed by atoms with van der Waals surface area (Å²) in [5, 5.41) is 5.14.